The maximum Gasteiger partial charge on any atom is 0.231 e. The SMILES string of the molecule is COc1ccc(OCCCN2C(=O)[C@H](C)CN(C=O)c3ccccc32)cc1. The van der Waals surface area contributed by atoms with Gasteiger partial charge in [-0.3, -0.25) is 9.59 Å². The Kier molecular flexibility index (Phi) is 5.96. The Labute approximate surface area is 159 Å². The standard InChI is InChI=1S/C21H24N2O4/c1-16-14-22(15-24)19-6-3-4-7-20(19)23(21(16)25)12-5-13-27-18-10-8-17(26-2)9-11-18/h3-4,6-11,15-16H,5,12-14H2,1-2H3/t16-/m1/s1. The van der Waals surface area contributed by atoms with E-state index in [1.165, 1.54) is 0 Å². The Balaban J connectivity index is 1.66. The van der Waals surface area contributed by atoms with Crippen LogP contribution in [-0.4, -0.2) is 39.1 Å². The number of hydrogen-bond donors (Lipinski definition) is 0. The molecule has 0 fully saturated rings. The largest absolute Gasteiger partial charge is 0.497 e. The number of carbonyl (C=O) groups excluding carboxylic acids is 2. The average molecular weight is 368 g/mol. The fourth-order valence-electron chi connectivity index (χ4n) is 3.21. The van der Waals surface area contributed by atoms with Gasteiger partial charge in [-0.15, -0.1) is 0 Å². The van der Waals surface area contributed by atoms with Crippen molar-refractivity contribution in [2.24, 2.45) is 5.92 Å². The molecule has 0 N–H and O–H groups in total. The molecule has 0 spiro atoms. The van der Waals surface area contributed by atoms with E-state index in [1.54, 1.807) is 16.9 Å². The lowest BCUT2D eigenvalue weighted by Gasteiger charge is -2.24. The van der Waals surface area contributed by atoms with Crippen molar-refractivity contribution in [3.05, 3.63) is 48.5 Å². The molecule has 0 radical (unpaired) electrons. The van der Waals surface area contributed by atoms with Gasteiger partial charge < -0.3 is 19.3 Å². The molecule has 6 nitrogen and oxygen atoms in total. The molecule has 0 aliphatic carbocycles. The van der Waals surface area contributed by atoms with Gasteiger partial charge in [0.05, 0.1) is 31.0 Å². The second-order valence-electron chi connectivity index (χ2n) is 6.51. The second-order valence-corrected chi connectivity index (χ2v) is 6.51. The number of hydrogen-bond acceptors (Lipinski definition) is 4. The van der Waals surface area contributed by atoms with Crippen LogP contribution in [0.15, 0.2) is 48.5 Å². The van der Waals surface area contributed by atoms with E-state index in [1.807, 2.05) is 55.5 Å². The Morgan fingerprint density at radius 2 is 1.74 bits per heavy atom. The van der Waals surface area contributed by atoms with Crippen LogP contribution in [0.4, 0.5) is 11.4 Å². The number of nitrogens with zero attached hydrogens (tertiary/aromatic N) is 2. The molecule has 0 saturated carbocycles. The van der Waals surface area contributed by atoms with E-state index in [-0.39, 0.29) is 11.8 Å². The lowest BCUT2D eigenvalue weighted by Crippen LogP contribution is -2.37. The zero-order valence-corrected chi connectivity index (χ0v) is 15.6. The first-order chi connectivity index (χ1) is 13.1. The van der Waals surface area contributed by atoms with E-state index >= 15 is 0 Å². The number of ether oxygens (including phenoxy) is 2. The third-order valence-corrected chi connectivity index (χ3v) is 4.62. The fourth-order valence-corrected chi connectivity index (χ4v) is 3.21. The smallest absolute Gasteiger partial charge is 0.231 e. The minimum Gasteiger partial charge on any atom is -0.497 e. The van der Waals surface area contributed by atoms with Gasteiger partial charge in [-0.1, -0.05) is 19.1 Å². The molecular weight excluding hydrogens is 344 g/mol. The topological polar surface area (TPSA) is 59.1 Å². The van der Waals surface area contributed by atoms with Crippen LogP contribution in [0, 0.1) is 5.92 Å². The lowest BCUT2D eigenvalue weighted by atomic mass is 10.1. The zero-order valence-electron chi connectivity index (χ0n) is 15.6. The number of carbonyl (C=O) groups is 2. The maximum atomic E-state index is 12.8. The number of amides is 2. The fraction of sp³-hybridized carbons (Fsp3) is 0.333. The molecule has 1 atom stereocenters. The molecule has 2 aromatic rings. The first-order valence-corrected chi connectivity index (χ1v) is 9.03. The monoisotopic (exact) mass is 368 g/mol. The third-order valence-electron chi connectivity index (χ3n) is 4.62. The molecule has 1 aliphatic rings. The van der Waals surface area contributed by atoms with Gasteiger partial charge in [0.15, 0.2) is 0 Å². The maximum absolute atomic E-state index is 12.8. The molecule has 142 valence electrons. The highest BCUT2D eigenvalue weighted by atomic mass is 16.5. The van der Waals surface area contributed by atoms with Gasteiger partial charge in [0.25, 0.3) is 0 Å². The van der Waals surface area contributed by atoms with Crippen molar-refractivity contribution in [3.63, 3.8) is 0 Å². The number of methoxy groups -OCH3 is 1. The third kappa shape index (κ3) is 4.22. The van der Waals surface area contributed by atoms with Gasteiger partial charge in [0, 0.05) is 13.1 Å². The predicted molar refractivity (Wildman–Crippen MR) is 104 cm³/mol. The van der Waals surface area contributed by atoms with E-state index in [9.17, 15) is 9.59 Å². The minimum absolute atomic E-state index is 0.0243. The summed E-state index contributed by atoms with van der Waals surface area (Å²) in [5, 5.41) is 0. The van der Waals surface area contributed by atoms with E-state index in [2.05, 4.69) is 0 Å². The quantitative estimate of drug-likeness (QED) is 0.557. The van der Waals surface area contributed by atoms with Gasteiger partial charge in [-0.2, -0.15) is 0 Å². The van der Waals surface area contributed by atoms with Crippen LogP contribution < -0.4 is 19.3 Å². The van der Waals surface area contributed by atoms with Crippen molar-refractivity contribution in [3.8, 4) is 11.5 Å². The van der Waals surface area contributed by atoms with Crippen molar-refractivity contribution < 1.29 is 19.1 Å². The van der Waals surface area contributed by atoms with Crippen LogP contribution in [0.5, 0.6) is 11.5 Å². The Morgan fingerprint density at radius 3 is 2.41 bits per heavy atom. The van der Waals surface area contributed by atoms with Crippen LogP contribution in [-0.2, 0) is 9.59 Å². The molecule has 0 unspecified atom stereocenters. The summed E-state index contributed by atoms with van der Waals surface area (Å²) in [4.78, 5) is 27.7. The minimum atomic E-state index is -0.259. The van der Waals surface area contributed by atoms with Crippen molar-refractivity contribution in [1.29, 1.82) is 0 Å². The summed E-state index contributed by atoms with van der Waals surface area (Å²) in [5.41, 5.74) is 1.53. The van der Waals surface area contributed by atoms with Gasteiger partial charge in [-0.25, -0.2) is 0 Å². The lowest BCUT2D eigenvalue weighted by molar-refractivity contribution is -0.121. The normalized spacial score (nSPS) is 16.5. The predicted octanol–water partition coefficient (Wildman–Crippen LogP) is 3.11. The van der Waals surface area contributed by atoms with E-state index < -0.39 is 0 Å². The summed E-state index contributed by atoms with van der Waals surface area (Å²) in [6.07, 6.45) is 1.47. The van der Waals surface area contributed by atoms with E-state index in [0.29, 0.717) is 26.1 Å². The molecule has 0 aromatic heterocycles. The van der Waals surface area contributed by atoms with E-state index in [0.717, 1.165) is 29.3 Å². The average Bonchev–Trinajstić information content (AvgIpc) is 2.81. The first kappa shape index (κ1) is 18.8. The molecule has 6 heteroatoms. The van der Waals surface area contributed by atoms with Crippen LogP contribution in [0.1, 0.15) is 13.3 Å². The number of benzene rings is 2. The molecule has 2 aromatic carbocycles. The number of anilines is 2. The summed E-state index contributed by atoms with van der Waals surface area (Å²) in [7, 11) is 1.62. The number of fused-ring (bicyclic) bond motifs is 1. The van der Waals surface area contributed by atoms with Crippen LogP contribution >= 0.6 is 0 Å². The van der Waals surface area contributed by atoms with Crippen molar-refractivity contribution >= 4 is 23.7 Å². The van der Waals surface area contributed by atoms with Crippen molar-refractivity contribution in [2.45, 2.75) is 13.3 Å². The van der Waals surface area contributed by atoms with Gasteiger partial charge in [0.1, 0.15) is 11.5 Å². The molecule has 0 bridgehead atoms. The molecule has 1 heterocycles. The second kappa shape index (κ2) is 8.58. The van der Waals surface area contributed by atoms with Crippen LogP contribution in [0.3, 0.4) is 0 Å². The van der Waals surface area contributed by atoms with Crippen molar-refractivity contribution in [1.82, 2.24) is 0 Å². The Morgan fingerprint density at radius 1 is 1.07 bits per heavy atom. The van der Waals surface area contributed by atoms with Crippen LogP contribution in [0.2, 0.25) is 0 Å². The summed E-state index contributed by atoms with van der Waals surface area (Å²) in [5.74, 6) is 1.31. The highest BCUT2D eigenvalue weighted by Gasteiger charge is 2.30. The van der Waals surface area contributed by atoms with Crippen LogP contribution in [0.25, 0.3) is 0 Å². The summed E-state index contributed by atoms with van der Waals surface area (Å²) in [6, 6.07) is 14.9. The summed E-state index contributed by atoms with van der Waals surface area (Å²) in [6.45, 7) is 3.26. The molecular formula is C21H24N2O4. The highest BCUT2D eigenvalue weighted by molar-refractivity contribution is 6.02. The number of rotatable bonds is 7. The Bertz CT molecular complexity index is 791. The highest BCUT2D eigenvalue weighted by Crippen LogP contribution is 2.33. The Hall–Kier alpha value is -3.02. The molecule has 1 aliphatic heterocycles. The molecule has 27 heavy (non-hydrogen) atoms. The van der Waals surface area contributed by atoms with Gasteiger partial charge in [-0.05, 0) is 42.8 Å². The summed E-state index contributed by atoms with van der Waals surface area (Å²) < 4.78 is 10.9. The van der Waals surface area contributed by atoms with Gasteiger partial charge in [0.2, 0.25) is 12.3 Å². The number of para-hydroxylation sites is 2. The molecule has 2 amide bonds. The first-order valence-electron chi connectivity index (χ1n) is 9.03. The van der Waals surface area contributed by atoms with E-state index in [4.69, 9.17) is 9.47 Å². The zero-order chi connectivity index (χ0) is 19.2. The molecule has 3 rings (SSSR count). The van der Waals surface area contributed by atoms with Crippen molar-refractivity contribution in [2.75, 3.05) is 36.6 Å². The molecule has 0 saturated heterocycles. The summed E-state index contributed by atoms with van der Waals surface area (Å²) >= 11 is 0. The van der Waals surface area contributed by atoms with Gasteiger partial charge >= 0.3 is 0 Å².